The van der Waals surface area contributed by atoms with E-state index >= 15 is 0 Å². The molecule has 0 saturated carbocycles. The minimum Gasteiger partial charge on any atom is -0.309 e. The van der Waals surface area contributed by atoms with E-state index in [9.17, 15) is 10.5 Å². The fourth-order valence-corrected chi connectivity index (χ4v) is 17.1. The van der Waals surface area contributed by atoms with Crippen molar-refractivity contribution in [2.45, 2.75) is 6.92 Å². The number of fused-ring (bicyclic) bond motifs is 18. The van der Waals surface area contributed by atoms with Gasteiger partial charge >= 0.3 is 0 Å². The highest BCUT2D eigenvalue weighted by Gasteiger charge is 2.26. The largest absolute Gasteiger partial charge is 0.309 e. The fourth-order valence-electron chi connectivity index (χ4n) is 17.1. The summed E-state index contributed by atoms with van der Waals surface area (Å²) in [6, 6.07) is 122. The molecule has 0 fully saturated rings. The van der Waals surface area contributed by atoms with Crippen LogP contribution in [0.3, 0.4) is 0 Å². The monoisotopic (exact) mass is 1280 g/mol. The molecule has 6 heterocycles. The Kier molecular flexibility index (Phi) is 12.0. The van der Waals surface area contributed by atoms with Gasteiger partial charge in [-0.25, -0.2) is 0 Å². The molecule has 0 unspecified atom stereocenters. The maximum atomic E-state index is 11.2. The van der Waals surface area contributed by atoms with Gasteiger partial charge in [-0.1, -0.05) is 164 Å². The summed E-state index contributed by atoms with van der Waals surface area (Å²) in [6.45, 7) is 2.09. The molecule has 21 aromatic rings. The lowest BCUT2D eigenvalue weighted by Crippen LogP contribution is -2.03. The molecular formula is C93H56N8. The van der Waals surface area contributed by atoms with Crippen molar-refractivity contribution in [2.75, 3.05) is 0 Å². The van der Waals surface area contributed by atoms with Crippen LogP contribution in [0.15, 0.2) is 322 Å². The van der Waals surface area contributed by atoms with E-state index in [4.69, 9.17) is 0 Å². The molecule has 468 valence electrons. The quantitative estimate of drug-likeness (QED) is 0.152. The van der Waals surface area contributed by atoms with Gasteiger partial charge in [-0.3, -0.25) is 0 Å². The van der Waals surface area contributed by atoms with Crippen LogP contribution >= 0.6 is 0 Å². The second-order valence-electron chi connectivity index (χ2n) is 26.7. The van der Waals surface area contributed by atoms with E-state index < -0.39 is 0 Å². The maximum absolute atomic E-state index is 11.2. The lowest BCUT2D eigenvalue weighted by molar-refractivity contribution is 1.15. The van der Waals surface area contributed by atoms with Crippen LogP contribution in [0.25, 0.3) is 187 Å². The molecule has 15 aromatic carbocycles. The predicted octanol–water partition coefficient (Wildman–Crippen LogP) is 23.7. The highest BCUT2D eigenvalue weighted by molar-refractivity contribution is 6.17. The molecule has 0 aliphatic carbocycles. The van der Waals surface area contributed by atoms with Crippen molar-refractivity contribution in [3.63, 3.8) is 0 Å². The summed E-state index contributed by atoms with van der Waals surface area (Å²) in [6.07, 6.45) is 0. The molecule has 0 aliphatic heterocycles. The van der Waals surface area contributed by atoms with Gasteiger partial charge in [-0.15, -0.1) is 0 Å². The van der Waals surface area contributed by atoms with Crippen LogP contribution in [-0.2, 0) is 0 Å². The molecular weight excluding hydrogens is 1230 g/mol. The normalized spacial score (nSPS) is 12.0. The first-order chi connectivity index (χ1) is 49.9. The van der Waals surface area contributed by atoms with E-state index in [2.05, 4.69) is 350 Å². The molecule has 0 aliphatic rings. The van der Waals surface area contributed by atoms with Crippen LogP contribution in [0, 0.1) is 29.6 Å². The first kappa shape index (κ1) is 56.3. The molecule has 0 N–H and O–H groups in total. The summed E-state index contributed by atoms with van der Waals surface area (Å²) in [4.78, 5) is 0. The molecule has 8 nitrogen and oxygen atoms in total. The van der Waals surface area contributed by atoms with Gasteiger partial charge in [0.15, 0.2) is 0 Å². The van der Waals surface area contributed by atoms with Crippen molar-refractivity contribution in [1.29, 1.82) is 10.5 Å². The topological polar surface area (TPSA) is 77.2 Å². The van der Waals surface area contributed by atoms with E-state index in [0.717, 1.165) is 150 Å². The Morgan fingerprint density at radius 2 is 0.485 bits per heavy atom. The van der Waals surface area contributed by atoms with Crippen LogP contribution in [0.2, 0.25) is 0 Å². The van der Waals surface area contributed by atoms with E-state index in [-0.39, 0.29) is 0 Å². The third-order valence-electron chi connectivity index (χ3n) is 21.4. The second-order valence-corrected chi connectivity index (χ2v) is 26.7. The van der Waals surface area contributed by atoms with Gasteiger partial charge in [-0.2, -0.15) is 10.5 Å². The van der Waals surface area contributed by atoms with E-state index in [0.29, 0.717) is 11.1 Å². The lowest BCUT2D eigenvalue weighted by Gasteiger charge is -2.21. The average molecular weight is 1290 g/mol. The second kappa shape index (κ2) is 21.5. The number of benzene rings is 15. The standard InChI is InChI=1S/C93H56N8/c1-57-48-58(55-94)34-41-65(57)60-36-43-88(100-89-44-37-61(96-80-26-10-2-18-66(80)67-19-3-11-27-81(67)96)51-76(89)77-52-62(38-45-90(77)100)97-82-28-12-4-20-68(82)69-21-5-13-29-83(69)97)75(50-60)74-42-35-59(56-95)49-93(74)101-91-46-39-63(98-84-30-14-6-22-70(84)71-23-7-15-31-85(71)98)53-78(91)79-54-64(40-47-92(79)101)99-86-32-16-8-24-72(86)73-25-9-17-33-87(73)99/h2-54H,1H3. The third-order valence-corrected chi connectivity index (χ3v) is 21.4. The highest BCUT2D eigenvalue weighted by atomic mass is 15.0. The molecule has 0 atom stereocenters. The van der Waals surface area contributed by atoms with Gasteiger partial charge in [-0.05, 0) is 181 Å². The van der Waals surface area contributed by atoms with E-state index in [1.165, 1.54) is 43.1 Å². The summed E-state index contributed by atoms with van der Waals surface area (Å²) < 4.78 is 14.5. The number of hydrogen-bond donors (Lipinski definition) is 0. The van der Waals surface area contributed by atoms with Crippen molar-refractivity contribution < 1.29 is 0 Å². The highest BCUT2D eigenvalue weighted by Crippen LogP contribution is 2.47. The summed E-state index contributed by atoms with van der Waals surface area (Å²) in [5.74, 6) is 0. The zero-order valence-corrected chi connectivity index (χ0v) is 54.7. The Morgan fingerprint density at radius 1 is 0.208 bits per heavy atom. The Labute approximate surface area is 578 Å². The van der Waals surface area contributed by atoms with Crippen molar-refractivity contribution in [1.82, 2.24) is 27.4 Å². The van der Waals surface area contributed by atoms with Gasteiger partial charge in [0.1, 0.15) is 0 Å². The molecule has 0 radical (unpaired) electrons. The first-order valence-electron chi connectivity index (χ1n) is 34.3. The maximum Gasteiger partial charge on any atom is 0.0992 e. The predicted molar refractivity (Wildman–Crippen MR) is 418 cm³/mol. The molecule has 101 heavy (non-hydrogen) atoms. The summed E-state index contributed by atoms with van der Waals surface area (Å²) >= 11 is 0. The smallest absolute Gasteiger partial charge is 0.0992 e. The molecule has 21 rings (SSSR count). The molecule has 0 saturated heterocycles. The van der Waals surface area contributed by atoms with Crippen molar-refractivity contribution in [3.8, 4) is 68.5 Å². The molecule has 0 bridgehead atoms. The Bertz CT molecular complexity index is 6710. The van der Waals surface area contributed by atoms with Crippen LogP contribution < -0.4 is 0 Å². The molecule has 6 aromatic heterocycles. The average Bonchev–Trinajstić information content (AvgIpc) is 1.74. The Hall–Kier alpha value is -13.9. The van der Waals surface area contributed by atoms with Gasteiger partial charge in [0.25, 0.3) is 0 Å². The van der Waals surface area contributed by atoms with Gasteiger partial charge in [0, 0.05) is 98.5 Å². The number of aromatic nitrogens is 6. The number of aryl methyl sites for hydroxylation is 1. The Morgan fingerprint density at radius 3 is 0.792 bits per heavy atom. The molecule has 8 heteroatoms. The number of nitriles is 2. The first-order valence-corrected chi connectivity index (χ1v) is 34.3. The van der Waals surface area contributed by atoms with Crippen LogP contribution in [0.1, 0.15) is 16.7 Å². The molecule has 0 spiro atoms. The van der Waals surface area contributed by atoms with E-state index in [1.54, 1.807) is 0 Å². The summed E-state index contributed by atoms with van der Waals surface area (Å²) in [7, 11) is 0. The van der Waals surface area contributed by atoms with Gasteiger partial charge in [0.05, 0.1) is 101 Å². The summed E-state index contributed by atoms with van der Waals surface area (Å²) in [5.41, 5.74) is 25.2. The van der Waals surface area contributed by atoms with Crippen molar-refractivity contribution in [2.24, 2.45) is 0 Å². The van der Waals surface area contributed by atoms with Crippen LogP contribution in [-0.4, -0.2) is 27.4 Å². The zero-order chi connectivity index (χ0) is 66.7. The van der Waals surface area contributed by atoms with Crippen LogP contribution in [0.4, 0.5) is 0 Å². The minimum atomic E-state index is 0.537. The van der Waals surface area contributed by atoms with Gasteiger partial charge < -0.3 is 27.4 Å². The zero-order valence-electron chi connectivity index (χ0n) is 54.7. The minimum absolute atomic E-state index is 0.537. The lowest BCUT2D eigenvalue weighted by atomic mass is 9.92. The number of hydrogen-bond acceptors (Lipinski definition) is 2. The summed E-state index contributed by atoms with van der Waals surface area (Å²) in [5, 5.41) is 35.3. The van der Waals surface area contributed by atoms with Crippen molar-refractivity contribution >= 4 is 131 Å². The number of rotatable bonds is 8. The number of para-hydroxylation sites is 8. The van der Waals surface area contributed by atoms with Gasteiger partial charge in [0.2, 0.25) is 0 Å². The molecule has 0 amide bonds. The van der Waals surface area contributed by atoms with Crippen molar-refractivity contribution in [3.05, 3.63) is 338 Å². The van der Waals surface area contributed by atoms with Crippen LogP contribution in [0.5, 0.6) is 0 Å². The number of nitrogens with zero attached hydrogens (tertiary/aromatic N) is 8. The Balaban J connectivity index is 0.859. The fraction of sp³-hybridized carbons (Fsp3) is 0.0108. The SMILES string of the molecule is Cc1cc(C#N)ccc1-c1ccc(-n2c3ccc(-n4c5ccccc5c5ccccc54)cc3c3cc(-n4c5ccccc5c5ccccc54)ccc32)c(-c2ccc(C#N)cc2-n2c3ccc(-n4c5ccccc5c5ccccc54)cc3c3cc(-n4c5ccccc5c5ccccc54)ccc32)c1. The van der Waals surface area contributed by atoms with E-state index in [1.807, 2.05) is 18.2 Å². The third kappa shape index (κ3) is 8.16.